The Morgan fingerprint density at radius 2 is 1.21 bits per heavy atom. The summed E-state index contributed by atoms with van der Waals surface area (Å²) >= 11 is 0. The zero-order valence-corrected chi connectivity index (χ0v) is 21.2. The van der Waals surface area contributed by atoms with Crippen LogP contribution in [0.4, 0.5) is 0 Å². The summed E-state index contributed by atoms with van der Waals surface area (Å²) in [6.45, 7) is 11.0. The normalized spacial score (nSPS) is 11.6. The summed E-state index contributed by atoms with van der Waals surface area (Å²) < 4.78 is 32.2. The Kier molecular flexibility index (Phi) is 17.5. The molecule has 0 bridgehead atoms. The molecular formula is C26H44O8. The number of hydrogen-bond acceptors (Lipinski definition) is 7. The van der Waals surface area contributed by atoms with Crippen molar-refractivity contribution in [3.63, 3.8) is 0 Å². The first-order chi connectivity index (χ1) is 16.5. The van der Waals surface area contributed by atoms with Gasteiger partial charge in [-0.2, -0.15) is 0 Å². The van der Waals surface area contributed by atoms with Crippen molar-refractivity contribution < 1.29 is 38.3 Å². The van der Waals surface area contributed by atoms with Crippen molar-refractivity contribution in [1.29, 1.82) is 0 Å². The van der Waals surface area contributed by atoms with Crippen molar-refractivity contribution in [1.82, 2.24) is 0 Å². The number of rotatable bonds is 23. The van der Waals surface area contributed by atoms with Gasteiger partial charge in [0.15, 0.2) is 0 Å². The third-order valence-electron chi connectivity index (χ3n) is 5.25. The number of carboxylic acids is 1. The van der Waals surface area contributed by atoms with E-state index in [-0.39, 0.29) is 18.6 Å². The second kappa shape index (κ2) is 19.6. The molecule has 0 heterocycles. The van der Waals surface area contributed by atoms with E-state index in [0.29, 0.717) is 59.5 Å². The molecule has 1 N–H and O–H groups in total. The molecule has 0 atom stereocenters. The Morgan fingerprint density at radius 3 is 1.68 bits per heavy atom. The van der Waals surface area contributed by atoms with E-state index in [0.717, 1.165) is 5.75 Å². The molecule has 1 aromatic carbocycles. The van der Waals surface area contributed by atoms with Gasteiger partial charge in [0, 0.05) is 0 Å². The minimum absolute atomic E-state index is 0.190. The lowest BCUT2D eigenvalue weighted by molar-refractivity contribution is -0.142. The maximum atomic E-state index is 10.3. The van der Waals surface area contributed by atoms with Crippen LogP contribution in [0.2, 0.25) is 0 Å². The van der Waals surface area contributed by atoms with Gasteiger partial charge < -0.3 is 33.5 Å². The van der Waals surface area contributed by atoms with E-state index in [2.05, 4.69) is 32.9 Å². The molecule has 0 saturated carbocycles. The van der Waals surface area contributed by atoms with E-state index in [1.165, 1.54) is 31.2 Å². The second-order valence-electron chi connectivity index (χ2n) is 8.61. The Labute approximate surface area is 204 Å². The standard InChI is InChI=1S/C26H44O8/c1-4-5-6-11-26(2,3)23-7-9-24(10-8-23)34-21-20-32-17-16-30-13-12-29-14-15-31-18-19-33-22-25(27)28/h7-10H,4-6,11-22H2,1-3H3,(H,27,28). The molecule has 0 aliphatic heterocycles. The number of benzene rings is 1. The molecular weight excluding hydrogens is 440 g/mol. The SMILES string of the molecule is CCCCCC(C)(C)c1ccc(OCCOCCOCCOCCOCCOCC(=O)O)cc1. The van der Waals surface area contributed by atoms with Crippen LogP contribution in [0.25, 0.3) is 0 Å². The van der Waals surface area contributed by atoms with Crippen LogP contribution < -0.4 is 4.74 Å². The fourth-order valence-corrected chi connectivity index (χ4v) is 3.22. The molecule has 34 heavy (non-hydrogen) atoms. The maximum Gasteiger partial charge on any atom is 0.329 e. The summed E-state index contributed by atoms with van der Waals surface area (Å²) in [5.41, 5.74) is 1.54. The first-order valence-corrected chi connectivity index (χ1v) is 12.3. The molecule has 8 nitrogen and oxygen atoms in total. The van der Waals surface area contributed by atoms with Gasteiger partial charge in [-0.3, -0.25) is 0 Å². The first-order valence-electron chi connectivity index (χ1n) is 12.3. The van der Waals surface area contributed by atoms with Crippen LogP contribution in [0.5, 0.6) is 5.75 Å². The molecule has 8 heteroatoms. The Hall–Kier alpha value is -1.71. The molecule has 1 aromatic rings. The minimum Gasteiger partial charge on any atom is -0.491 e. The highest BCUT2D eigenvalue weighted by Gasteiger charge is 2.19. The van der Waals surface area contributed by atoms with Crippen LogP contribution in [-0.2, 0) is 33.9 Å². The first kappa shape index (κ1) is 30.3. The Balaban J connectivity index is 1.92. The summed E-state index contributed by atoms with van der Waals surface area (Å²) in [6, 6.07) is 8.42. The summed E-state index contributed by atoms with van der Waals surface area (Å²) in [5.74, 6) is -0.123. The maximum absolute atomic E-state index is 10.3. The molecule has 0 radical (unpaired) electrons. The lowest BCUT2D eigenvalue weighted by Crippen LogP contribution is -2.17. The number of aliphatic carboxylic acids is 1. The molecule has 0 unspecified atom stereocenters. The smallest absolute Gasteiger partial charge is 0.329 e. The predicted molar refractivity (Wildman–Crippen MR) is 131 cm³/mol. The summed E-state index contributed by atoms with van der Waals surface area (Å²) in [7, 11) is 0. The zero-order chi connectivity index (χ0) is 24.9. The van der Waals surface area contributed by atoms with E-state index < -0.39 is 5.97 Å². The Morgan fingerprint density at radius 1 is 0.735 bits per heavy atom. The van der Waals surface area contributed by atoms with Crippen molar-refractivity contribution in [2.75, 3.05) is 72.7 Å². The molecule has 0 spiro atoms. The third-order valence-corrected chi connectivity index (χ3v) is 5.25. The monoisotopic (exact) mass is 484 g/mol. The molecule has 0 aromatic heterocycles. The van der Waals surface area contributed by atoms with Crippen molar-refractivity contribution in [2.24, 2.45) is 0 Å². The van der Waals surface area contributed by atoms with Gasteiger partial charge in [-0.25, -0.2) is 4.79 Å². The summed E-state index contributed by atoms with van der Waals surface area (Å²) in [5, 5.41) is 8.41. The van der Waals surface area contributed by atoms with Crippen LogP contribution >= 0.6 is 0 Å². The van der Waals surface area contributed by atoms with Crippen LogP contribution in [-0.4, -0.2) is 83.8 Å². The fourth-order valence-electron chi connectivity index (χ4n) is 3.22. The fraction of sp³-hybridized carbons (Fsp3) is 0.731. The molecule has 0 amide bonds. The van der Waals surface area contributed by atoms with Gasteiger partial charge in [0.05, 0.1) is 59.5 Å². The highest BCUT2D eigenvalue weighted by molar-refractivity contribution is 5.67. The van der Waals surface area contributed by atoms with E-state index in [1.54, 1.807) is 0 Å². The number of hydrogen-bond donors (Lipinski definition) is 1. The van der Waals surface area contributed by atoms with Gasteiger partial charge >= 0.3 is 5.97 Å². The van der Waals surface area contributed by atoms with Crippen molar-refractivity contribution in [3.8, 4) is 5.75 Å². The predicted octanol–water partition coefficient (Wildman–Crippen LogP) is 4.09. The van der Waals surface area contributed by atoms with Gasteiger partial charge in [-0.05, 0) is 29.5 Å². The topological polar surface area (TPSA) is 92.7 Å². The minimum atomic E-state index is -0.986. The molecule has 1 rings (SSSR count). The van der Waals surface area contributed by atoms with Crippen LogP contribution in [0.1, 0.15) is 52.0 Å². The average molecular weight is 485 g/mol. The van der Waals surface area contributed by atoms with Gasteiger partial charge in [-0.1, -0.05) is 52.2 Å². The number of carbonyl (C=O) groups is 1. The highest BCUT2D eigenvalue weighted by Crippen LogP contribution is 2.30. The van der Waals surface area contributed by atoms with Gasteiger partial charge in [0.1, 0.15) is 19.0 Å². The van der Waals surface area contributed by atoms with Crippen molar-refractivity contribution in [2.45, 2.75) is 51.9 Å². The Bertz CT molecular complexity index is 618. The van der Waals surface area contributed by atoms with Crippen LogP contribution in [0.15, 0.2) is 24.3 Å². The number of carboxylic acid groups (broad SMARTS) is 1. The third kappa shape index (κ3) is 16.0. The van der Waals surface area contributed by atoms with Gasteiger partial charge in [0.2, 0.25) is 0 Å². The average Bonchev–Trinajstić information content (AvgIpc) is 2.81. The quantitative estimate of drug-likeness (QED) is 0.232. The van der Waals surface area contributed by atoms with Crippen molar-refractivity contribution in [3.05, 3.63) is 29.8 Å². The summed E-state index contributed by atoms with van der Waals surface area (Å²) in [4.78, 5) is 10.3. The molecule has 0 fully saturated rings. The van der Waals surface area contributed by atoms with Gasteiger partial charge in [-0.15, -0.1) is 0 Å². The zero-order valence-electron chi connectivity index (χ0n) is 21.2. The number of ether oxygens (including phenoxy) is 6. The van der Waals surface area contributed by atoms with Crippen molar-refractivity contribution >= 4 is 5.97 Å². The van der Waals surface area contributed by atoms with E-state index >= 15 is 0 Å². The summed E-state index contributed by atoms with van der Waals surface area (Å²) in [6.07, 6.45) is 5.00. The van der Waals surface area contributed by atoms with E-state index in [4.69, 9.17) is 33.5 Å². The number of unbranched alkanes of at least 4 members (excludes halogenated alkanes) is 2. The van der Waals surface area contributed by atoms with Crippen LogP contribution in [0, 0.1) is 0 Å². The highest BCUT2D eigenvalue weighted by atomic mass is 16.6. The molecule has 0 aliphatic carbocycles. The lowest BCUT2D eigenvalue weighted by atomic mass is 9.80. The largest absolute Gasteiger partial charge is 0.491 e. The van der Waals surface area contributed by atoms with E-state index in [9.17, 15) is 4.79 Å². The molecule has 196 valence electrons. The van der Waals surface area contributed by atoms with Crippen LogP contribution in [0.3, 0.4) is 0 Å². The lowest BCUT2D eigenvalue weighted by Gasteiger charge is -2.25. The second-order valence-corrected chi connectivity index (χ2v) is 8.61. The molecule has 0 saturated heterocycles. The molecule has 0 aliphatic rings. The van der Waals surface area contributed by atoms with Gasteiger partial charge in [0.25, 0.3) is 0 Å². The van der Waals surface area contributed by atoms with E-state index in [1.807, 2.05) is 12.1 Å².